The van der Waals surface area contributed by atoms with Gasteiger partial charge in [-0.3, -0.25) is 14.7 Å². The monoisotopic (exact) mass is 381 g/mol. The number of hydrogen-bond donors (Lipinski definition) is 1. The average molecular weight is 381 g/mol. The van der Waals surface area contributed by atoms with Gasteiger partial charge < -0.3 is 14.8 Å². The van der Waals surface area contributed by atoms with Crippen molar-refractivity contribution in [1.29, 1.82) is 0 Å². The van der Waals surface area contributed by atoms with Crippen LogP contribution >= 0.6 is 0 Å². The van der Waals surface area contributed by atoms with Gasteiger partial charge in [-0.25, -0.2) is 0 Å². The van der Waals surface area contributed by atoms with Crippen LogP contribution in [0.15, 0.2) is 48.8 Å². The highest BCUT2D eigenvalue weighted by Gasteiger charge is 2.46. The summed E-state index contributed by atoms with van der Waals surface area (Å²) in [5.41, 5.74) is 3.14. The molecule has 2 atom stereocenters. The zero-order chi connectivity index (χ0) is 19.4. The molecule has 28 heavy (non-hydrogen) atoms. The molecule has 2 aliphatic rings. The standard InChI is InChI=1S/C22H27N3O3/c1-17-2-4-18(5-3-17)13-24-21(26)20-12-22(16-27-20)15-25(10-11-28-22)14-19-6-8-23-9-7-19/h2-9,20H,10-16H2,1H3,(H,24,26). The van der Waals surface area contributed by atoms with Crippen molar-refractivity contribution >= 4 is 5.91 Å². The van der Waals surface area contributed by atoms with Gasteiger partial charge in [0, 0.05) is 45.0 Å². The quantitative estimate of drug-likeness (QED) is 0.859. The van der Waals surface area contributed by atoms with Crippen molar-refractivity contribution < 1.29 is 14.3 Å². The maximum absolute atomic E-state index is 12.6. The van der Waals surface area contributed by atoms with Crippen LogP contribution in [0.4, 0.5) is 0 Å². The Kier molecular flexibility index (Phi) is 5.71. The summed E-state index contributed by atoms with van der Waals surface area (Å²) in [7, 11) is 0. The number of morpholine rings is 1. The van der Waals surface area contributed by atoms with Gasteiger partial charge in [0.1, 0.15) is 11.7 Å². The molecule has 0 radical (unpaired) electrons. The summed E-state index contributed by atoms with van der Waals surface area (Å²) in [6.45, 7) is 6.20. The Morgan fingerprint density at radius 2 is 2.00 bits per heavy atom. The lowest BCUT2D eigenvalue weighted by Gasteiger charge is -2.39. The number of amides is 1. The molecule has 1 aromatic heterocycles. The number of aryl methyl sites for hydroxylation is 1. The first kappa shape index (κ1) is 19.1. The normalized spacial score (nSPS) is 25.1. The lowest BCUT2D eigenvalue weighted by atomic mass is 9.97. The van der Waals surface area contributed by atoms with Crippen LogP contribution in [0.3, 0.4) is 0 Å². The fourth-order valence-corrected chi connectivity index (χ4v) is 3.90. The molecule has 4 rings (SSSR count). The summed E-state index contributed by atoms with van der Waals surface area (Å²) < 4.78 is 11.9. The molecule has 1 amide bonds. The summed E-state index contributed by atoms with van der Waals surface area (Å²) in [6, 6.07) is 12.2. The van der Waals surface area contributed by atoms with E-state index in [2.05, 4.69) is 34.3 Å². The predicted octanol–water partition coefficient (Wildman–Crippen LogP) is 2.07. The number of hydrogen-bond acceptors (Lipinski definition) is 5. The topological polar surface area (TPSA) is 63.7 Å². The molecule has 6 nitrogen and oxygen atoms in total. The summed E-state index contributed by atoms with van der Waals surface area (Å²) >= 11 is 0. The molecule has 0 bridgehead atoms. The lowest BCUT2D eigenvalue weighted by molar-refractivity contribution is -0.130. The van der Waals surface area contributed by atoms with Crippen molar-refractivity contribution in [1.82, 2.24) is 15.2 Å². The molecule has 2 saturated heterocycles. The highest BCUT2D eigenvalue weighted by molar-refractivity contribution is 5.81. The Bertz CT molecular complexity index is 796. The molecular weight excluding hydrogens is 354 g/mol. The highest BCUT2D eigenvalue weighted by Crippen LogP contribution is 2.32. The van der Waals surface area contributed by atoms with Crippen LogP contribution in [0.2, 0.25) is 0 Å². The van der Waals surface area contributed by atoms with Crippen molar-refractivity contribution in [2.24, 2.45) is 0 Å². The van der Waals surface area contributed by atoms with Crippen LogP contribution in [-0.2, 0) is 27.4 Å². The number of pyridine rings is 1. The van der Waals surface area contributed by atoms with E-state index in [1.165, 1.54) is 11.1 Å². The first-order valence-electron chi connectivity index (χ1n) is 9.82. The van der Waals surface area contributed by atoms with E-state index in [0.29, 0.717) is 26.2 Å². The largest absolute Gasteiger partial charge is 0.370 e. The third-order valence-electron chi connectivity index (χ3n) is 5.47. The molecule has 2 fully saturated rings. The SMILES string of the molecule is Cc1ccc(CNC(=O)C2CC3(CO2)CN(Cc2ccncc2)CCO3)cc1. The van der Waals surface area contributed by atoms with Crippen LogP contribution in [-0.4, -0.2) is 53.8 Å². The molecule has 6 heteroatoms. The van der Waals surface area contributed by atoms with Crippen molar-refractivity contribution in [3.63, 3.8) is 0 Å². The Labute approximate surface area is 165 Å². The molecule has 2 aromatic rings. The number of carbonyl (C=O) groups excluding carboxylic acids is 1. The maximum Gasteiger partial charge on any atom is 0.249 e. The molecule has 1 N–H and O–H groups in total. The molecule has 2 unspecified atom stereocenters. The van der Waals surface area contributed by atoms with Gasteiger partial charge in [-0.1, -0.05) is 29.8 Å². The Morgan fingerprint density at radius 3 is 2.79 bits per heavy atom. The van der Waals surface area contributed by atoms with Gasteiger partial charge in [-0.2, -0.15) is 0 Å². The van der Waals surface area contributed by atoms with E-state index < -0.39 is 11.7 Å². The minimum atomic E-state index is -0.452. The fourth-order valence-electron chi connectivity index (χ4n) is 3.90. The van der Waals surface area contributed by atoms with E-state index >= 15 is 0 Å². The van der Waals surface area contributed by atoms with Gasteiger partial charge in [0.25, 0.3) is 0 Å². The average Bonchev–Trinajstić information content (AvgIpc) is 3.11. The minimum Gasteiger partial charge on any atom is -0.370 e. The second-order valence-corrected chi connectivity index (χ2v) is 7.80. The maximum atomic E-state index is 12.6. The van der Waals surface area contributed by atoms with E-state index in [-0.39, 0.29) is 5.91 Å². The summed E-state index contributed by atoms with van der Waals surface area (Å²) in [4.78, 5) is 19.0. The minimum absolute atomic E-state index is 0.0627. The molecule has 1 spiro atoms. The van der Waals surface area contributed by atoms with Gasteiger partial charge in [-0.05, 0) is 30.2 Å². The zero-order valence-corrected chi connectivity index (χ0v) is 16.3. The lowest BCUT2D eigenvalue weighted by Crippen LogP contribution is -2.52. The van der Waals surface area contributed by atoms with Gasteiger partial charge >= 0.3 is 0 Å². The molecule has 1 aromatic carbocycles. The summed E-state index contributed by atoms with van der Waals surface area (Å²) in [5.74, 6) is -0.0627. The fraction of sp³-hybridized carbons (Fsp3) is 0.455. The zero-order valence-electron chi connectivity index (χ0n) is 16.3. The van der Waals surface area contributed by atoms with E-state index in [9.17, 15) is 4.79 Å². The molecule has 0 aliphatic carbocycles. The Hall–Kier alpha value is -2.28. The number of nitrogens with one attached hydrogen (secondary N) is 1. The smallest absolute Gasteiger partial charge is 0.249 e. The van der Waals surface area contributed by atoms with E-state index in [1.54, 1.807) is 0 Å². The second kappa shape index (κ2) is 8.39. The predicted molar refractivity (Wildman–Crippen MR) is 106 cm³/mol. The summed E-state index contributed by atoms with van der Waals surface area (Å²) in [6.07, 6.45) is 3.78. The molecule has 0 saturated carbocycles. The molecule has 3 heterocycles. The Balaban J connectivity index is 1.30. The van der Waals surface area contributed by atoms with Gasteiger partial charge in [-0.15, -0.1) is 0 Å². The molecule has 148 valence electrons. The van der Waals surface area contributed by atoms with Gasteiger partial charge in [0.15, 0.2) is 0 Å². The second-order valence-electron chi connectivity index (χ2n) is 7.80. The van der Waals surface area contributed by atoms with Crippen molar-refractivity contribution in [2.45, 2.75) is 38.1 Å². The van der Waals surface area contributed by atoms with E-state index in [4.69, 9.17) is 9.47 Å². The number of ether oxygens (including phenoxy) is 2. The van der Waals surface area contributed by atoms with Crippen molar-refractivity contribution in [3.8, 4) is 0 Å². The van der Waals surface area contributed by atoms with Crippen LogP contribution < -0.4 is 5.32 Å². The number of nitrogens with zero attached hydrogens (tertiary/aromatic N) is 2. The summed E-state index contributed by atoms with van der Waals surface area (Å²) in [5, 5.41) is 2.99. The number of carbonyl (C=O) groups is 1. The van der Waals surface area contributed by atoms with Crippen LogP contribution in [0.1, 0.15) is 23.1 Å². The van der Waals surface area contributed by atoms with Gasteiger partial charge in [0.2, 0.25) is 5.91 Å². The van der Waals surface area contributed by atoms with Gasteiger partial charge in [0.05, 0.1) is 13.2 Å². The van der Waals surface area contributed by atoms with Crippen molar-refractivity contribution in [3.05, 3.63) is 65.5 Å². The number of benzene rings is 1. The van der Waals surface area contributed by atoms with E-state index in [0.717, 1.165) is 25.2 Å². The first-order chi connectivity index (χ1) is 13.6. The van der Waals surface area contributed by atoms with Crippen LogP contribution in [0.5, 0.6) is 0 Å². The third kappa shape index (κ3) is 4.58. The first-order valence-corrected chi connectivity index (χ1v) is 9.82. The molecular formula is C22H27N3O3. The number of rotatable bonds is 5. The highest BCUT2D eigenvalue weighted by atomic mass is 16.6. The van der Waals surface area contributed by atoms with Crippen LogP contribution in [0, 0.1) is 6.92 Å². The van der Waals surface area contributed by atoms with Crippen molar-refractivity contribution in [2.75, 3.05) is 26.3 Å². The van der Waals surface area contributed by atoms with Crippen LogP contribution in [0.25, 0.3) is 0 Å². The third-order valence-corrected chi connectivity index (χ3v) is 5.47. The molecule has 2 aliphatic heterocycles. The Morgan fingerprint density at radius 1 is 1.21 bits per heavy atom. The van der Waals surface area contributed by atoms with E-state index in [1.807, 2.05) is 36.7 Å². The number of aromatic nitrogens is 1.